The van der Waals surface area contributed by atoms with Gasteiger partial charge in [-0.1, -0.05) is 6.07 Å². The molecule has 3 heterocycles. The van der Waals surface area contributed by atoms with E-state index in [1.165, 1.54) is 21.8 Å². The summed E-state index contributed by atoms with van der Waals surface area (Å²) in [6, 6.07) is 9.93. The van der Waals surface area contributed by atoms with Gasteiger partial charge in [-0.2, -0.15) is 0 Å². The normalized spacial score (nSPS) is 15.3. The Bertz CT molecular complexity index is 940. The molecular weight excluding hydrogens is 348 g/mol. The van der Waals surface area contributed by atoms with Gasteiger partial charge in [0.1, 0.15) is 5.84 Å². The number of amides is 1. The maximum Gasteiger partial charge on any atom is 0.407 e. The lowest BCUT2D eigenvalue weighted by atomic mass is 9.89. The molecule has 0 saturated carbocycles. The van der Waals surface area contributed by atoms with E-state index in [-0.39, 0.29) is 0 Å². The van der Waals surface area contributed by atoms with Crippen LogP contribution in [0.5, 0.6) is 0 Å². The molecule has 0 bridgehead atoms. The van der Waals surface area contributed by atoms with Gasteiger partial charge in [-0.05, 0) is 54.0 Å². The number of hydrogen-bond donors (Lipinski definition) is 4. The number of hydrogen-bond acceptors (Lipinski definition) is 3. The van der Waals surface area contributed by atoms with Crippen LogP contribution in [0.15, 0.2) is 41.9 Å². The number of aromatic amines is 1. The summed E-state index contributed by atoms with van der Waals surface area (Å²) in [5.74, 6) is 0.748. The number of benzene rings is 1. The Kier molecular flexibility index (Phi) is 4.38. The van der Waals surface area contributed by atoms with Gasteiger partial charge in [-0.15, -0.1) is 11.3 Å². The van der Waals surface area contributed by atoms with E-state index in [1.807, 2.05) is 35.8 Å². The molecule has 4 rings (SSSR count). The first-order valence-corrected chi connectivity index (χ1v) is 9.48. The van der Waals surface area contributed by atoms with Crippen LogP contribution in [0.25, 0.3) is 10.9 Å². The van der Waals surface area contributed by atoms with Gasteiger partial charge in [-0.3, -0.25) is 5.41 Å². The van der Waals surface area contributed by atoms with Gasteiger partial charge in [0.15, 0.2) is 0 Å². The molecule has 134 valence electrons. The number of fused-ring (bicyclic) bond motifs is 1. The molecule has 0 radical (unpaired) electrons. The van der Waals surface area contributed by atoms with Gasteiger partial charge in [0.25, 0.3) is 0 Å². The summed E-state index contributed by atoms with van der Waals surface area (Å²) in [6.07, 6.45) is 2.88. The molecule has 1 saturated heterocycles. The third kappa shape index (κ3) is 3.17. The monoisotopic (exact) mass is 368 g/mol. The number of H-pyrrole nitrogens is 1. The lowest BCUT2D eigenvalue weighted by Gasteiger charge is -2.29. The van der Waals surface area contributed by atoms with Gasteiger partial charge in [-0.25, -0.2) is 4.79 Å². The fraction of sp³-hybridized carbons (Fsp3) is 0.263. The van der Waals surface area contributed by atoms with Crippen LogP contribution in [0.4, 0.5) is 10.5 Å². The number of likely N-dealkylation sites (tertiary alicyclic amines) is 1. The Balaban J connectivity index is 1.55. The molecule has 4 N–H and O–H groups in total. The highest BCUT2D eigenvalue weighted by Gasteiger charge is 2.25. The molecule has 0 aliphatic carbocycles. The molecule has 0 spiro atoms. The molecule has 6 nitrogen and oxygen atoms in total. The third-order valence-electron chi connectivity index (χ3n) is 4.96. The zero-order valence-electron chi connectivity index (χ0n) is 14.2. The third-order valence-corrected chi connectivity index (χ3v) is 5.84. The molecule has 1 amide bonds. The molecule has 0 atom stereocenters. The SMILES string of the molecule is N=C(Nc1ccc2[nH]cc(C3CCN(C(=O)O)CC3)c2c1)c1cccs1. The standard InChI is InChI=1S/C19H20N4O2S/c20-18(17-2-1-9-26-17)22-13-3-4-16-14(10-13)15(11-21-16)12-5-7-23(8-6-12)19(24)25/h1-4,9-12,21H,5-8H2,(H2,20,22)(H,24,25). The van der Waals surface area contributed by atoms with Gasteiger partial charge in [0.2, 0.25) is 0 Å². The highest BCUT2D eigenvalue weighted by molar-refractivity contribution is 7.12. The molecular formula is C19H20N4O2S. The van der Waals surface area contributed by atoms with Crippen molar-refractivity contribution in [2.75, 3.05) is 18.4 Å². The molecule has 1 aliphatic rings. The number of nitrogens with zero attached hydrogens (tertiary/aromatic N) is 1. The number of carbonyl (C=O) groups is 1. The fourth-order valence-corrected chi connectivity index (χ4v) is 4.20. The molecule has 2 aromatic heterocycles. The zero-order chi connectivity index (χ0) is 18.1. The highest BCUT2D eigenvalue weighted by Crippen LogP contribution is 2.34. The van der Waals surface area contributed by atoms with Crippen LogP contribution in [0.3, 0.4) is 0 Å². The van der Waals surface area contributed by atoms with Gasteiger partial charge >= 0.3 is 6.09 Å². The predicted octanol–water partition coefficient (Wildman–Crippen LogP) is 4.52. The minimum absolute atomic E-state index is 0.353. The van der Waals surface area contributed by atoms with Crippen molar-refractivity contribution in [3.63, 3.8) is 0 Å². The number of carboxylic acid groups (broad SMARTS) is 1. The van der Waals surface area contributed by atoms with E-state index in [0.717, 1.165) is 34.3 Å². The largest absolute Gasteiger partial charge is 0.465 e. The van der Waals surface area contributed by atoms with E-state index in [4.69, 9.17) is 10.5 Å². The van der Waals surface area contributed by atoms with Crippen LogP contribution in [0.2, 0.25) is 0 Å². The lowest BCUT2D eigenvalue weighted by Crippen LogP contribution is -2.36. The van der Waals surface area contributed by atoms with Crippen LogP contribution < -0.4 is 5.32 Å². The summed E-state index contributed by atoms with van der Waals surface area (Å²) >= 11 is 1.54. The summed E-state index contributed by atoms with van der Waals surface area (Å²) in [5, 5.41) is 23.6. The van der Waals surface area contributed by atoms with E-state index < -0.39 is 6.09 Å². The second-order valence-electron chi connectivity index (χ2n) is 6.53. The minimum atomic E-state index is -0.832. The van der Waals surface area contributed by atoms with E-state index in [2.05, 4.69) is 16.4 Å². The smallest absolute Gasteiger partial charge is 0.407 e. The highest BCUT2D eigenvalue weighted by atomic mass is 32.1. The Morgan fingerprint density at radius 3 is 2.81 bits per heavy atom. The maximum absolute atomic E-state index is 11.1. The van der Waals surface area contributed by atoms with Crippen molar-refractivity contribution in [3.05, 3.63) is 52.3 Å². The van der Waals surface area contributed by atoms with Gasteiger partial charge < -0.3 is 20.3 Å². The zero-order valence-corrected chi connectivity index (χ0v) is 15.0. The first-order valence-electron chi connectivity index (χ1n) is 8.60. The van der Waals surface area contributed by atoms with Crippen molar-refractivity contribution in [1.82, 2.24) is 9.88 Å². The van der Waals surface area contributed by atoms with Crippen molar-refractivity contribution in [3.8, 4) is 0 Å². The number of aromatic nitrogens is 1. The Morgan fingerprint density at radius 2 is 2.12 bits per heavy atom. The average Bonchev–Trinajstić information content (AvgIpc) is 3.31. The van der Waals surface area contributed by atoms with E-state index in [9.17, 15) is 4.79 Å². The summed E-state index contributed by atoms with van der Waals surface area (Å²) < 4.78 is 0. The second-order valence-corrected chi connectivity index (χ2v) is 7.47. The molecule has 0 unspecified atom stereocenters. The summed E-state index contributed by atoms with van der Waals surface area (Å²) in [4.78, 5) is 16.8. The topological polar surface area (TPSA) is 92.2 Å². The summed E-state index contributed by atoms with van der Waals surface area (Å²) in [5.41, 5.74) is 3.19. The molecule has 3 aromatic rings. The number of nitrogens with one attached hydrogen (secondary N) is 3. The number of thiophene rings is 1. The predicted molar refractivity (Wildman–Crippen MR) is 105 cm³/mol. The number of anilines is 1. The van der Waals surface area contributed by atoms with Crippen molar-refractivity contribution in [2.24, 2.45) is 0 Å². The van der Waals surface area contributed by atoms with Crippen LogP contribution in [-0.4, -0.2) is 40.0 Å². The number of rotatable bonds is 3. The van der Waals surface area contributed by atoms with E-state index in [0.29, 0.717) is 24.8 Å². The molecule has 7 heteroatoms. The number of piperidine rings is 1. The molecule has 26 heavy (non-hydrogen) atoms. The minimum Gasteiger partial charge on any atom is -0.465 e. The van der Waals surface area contributed by atoms with Crippen LogP contribution >= 0.6 is 11.3 Å². The van der Waals surface area contributed by atoms with E-state index in [1.54, 1.807) is 0 Å². The fourth-order valence-electron chi connectivity index (χ4n) is 3.57. The van der Waals surface area contributed by atoms with Crippen molar-refractivity contribution in [2.45, 2.75) is 18.8 Å². The number of amidine groups is 1. The molecule has 1 aromatic carbocycles. The summed E-state index contributed by atoms with van der Waals surface area (Å²) in [6.45, 7) is 1.15. The van der Waals surface area contributed by atoms with Crippen molar-refractivity contribution in [1.29, 1.82) is 5.41 Å². The van der Waals surface area contributed by atoms with Crippen molar-refractivity contribution >= 4 is 39.9 Å². The average molecular weight is 368 g/mol. The lowest BCUT2D eigenvalue weighted by molar-refractivity contribution is 0.132. The first kappa shape index (κ1) is 16.7. The summed E-state index contributed by atoms with van der Waals surface area (Å²) in [7, 11) is 0. The van der Waals surface area contributed by atoms with Crippen LogP contribution in [0, 0.1) is 5.41 Å². The van der Waals surface area contributed by atoms with Crippen LogP contribution in [-0.2, 0) is 0 Å². The molecule has 1 aliphatic heterocycles. The quantitative estimate of drug-likeness (QED) is 0.404. The van der Waals surface area contributed by atoms with Crippen molar-refractivity contribution < 1.29 is 9.90 Å². The second kappa shape index (κ2) is 6.84. The van der Waals surface area contributed by atoms with Gasteiger partial charge in [0.05, 0.1) is 4.88 Å². The maximum atomic E-state index is 11.1. The molecule has 1 fully saturated rings. The van der Waals surface area contributed by atoms with Gasteiger partial charge in [0, 0.05) is 35.9 Å². The Morgan fingerprint density at radius 1 is 1.31 bits per heavy atom. The Hall–Kier alpha value is -2.80. The van der Waals surface area contributed by atoms with Crippen LogP contribution in [0.1, 0.15) is 29.2 Å². The van der Waals surface area contributed by atoms with E-state index >= 15 is 0 Å². The Labute approximate surface area is 155 Å². The first-order chi connectivity index (χ1) is 12.6.